The zero-order chi connectivity index (χ0) is 11.4. The molecule has 82 valence electrons. The topological polar surface area (TPSA) is 38.4 Å². The highest BCUT2D eigenvalue weighted by molar-refractivity contribution is 9.10. The summed E-state index contributed by atoms with van der Waals surface area (Å²) in [6, 6.07) is 1.93. The molecule has 0 spiro atoms. The first-order valence-corrected chi connectivity index (χ1v) is 5.31. The van der Waals surface area contributed by atoms with Gasteiger partial charge in [-0.1, -0.05) is 6.92 Å². The molecule has 2 nitrogen and oxygen atoms in total. The quantitative estimate of drug-likeness (QED) is 0.666. The van der Waals surface area contributed by atoms with Gasteiger partial charge in [-0.3, -0.25) is 0 Å². The molecule has 1 aromatic carbocycles. The third-order valence-corrected chi connectivity index (χ3v) is 2.35. The normalized spacial score (nSPS) is 11.9. The second-order valence-electron chi connectivity index (χ2n) is 3.07. The summed E-state index contributed by atoms with van der Waals surface area (Å²) in [6.07, 6.45) is 1.42. The van der Waals surface area contributed by atoms with Crippen LogP contribution in [0.5, 0.6) is 0 Å². The van der Waals surface area contributed by atoms with Crippen LogP contribution < -0.4 is 5.73 Å². The average molecular weight is 277 g/mol. The van der Waals surface area contributed by atoms with Gasteiger partial charge in [0, 0.05) is 17.0 Å². The van der Waals surface area contributed by atoms with Crippen LogP contribution in [0.4, 0.5) is 14.5 Å². The summed E-state index contributed by atoms with van der Waals surface area (Å²) in [5.41, 5.74) is 5.60. The fourth-order valence-corrected chi connectivity index (χ4v) is 1.59. The van der Waals surface area contributed by atoms with Crippen molar-refractivity contribution in [3.63, 3.8) is 0 Å². The van der Waals surface area contributed by atoms with Crippen molar-refractivity contribution in [3.8, 4) is 0 Å². The lowest BCUT2D eigenvalue weighted by atomic mass is 10.3. The summed E-state index contributed by atoms with van der Waals surface area (Å²) >= 11 is 3.03. The largest absolute Gasteiger partial charge is 0.387 e. The Morgan fingerprint density at radius 3 is 2.67 bits per heavy atom. The maximum atomic E-state index is 13.3. The number of halogens is 3. The van der Waals surface area contributed by atoms with Gasteiger partial charge >= 0.3 is 0 Å². The molecule has 0 bridgehead atoms. The minimum atomic E-state index is -0.721. The minimum Gasteiger partial charge on any atom is -0.387 e. The van der Waals surface area contributed by atoms with E-state index in [0.717, 1.165) is 18.6 Å². The highest BCUT2D eigenvalue weighted by Crippen LogP contribution is 2.29. The van der Waals surface area contributed by atoms with Crippen molar-refractivity contribution in [2.24, 2.45) is 10.7 Å². The number of amidine groups is 1. The first kappa shape index (κ1) is 12.1. The molecular weight excluding hydrogens is 266 g/mol. The number of hydrogen-bond acceptors (Lipinski definition) is 1. The summed E-state index contributed by atoms with van der Waals surface area (Å²) in [5.74, 6) is -1.03. The molecule has 0 unspecified atom stereocenters. The van der Waals surface area contributed by atoms with Gasteiger partial charge in [-0.05, 0) is 28.4 Å². The average Bonchev–Trinajstić information content (AvgIpc) is 2.11. The summed E-state index contributed by atoms with van der Waals surface area (Å²) < 4.78 is 26.3. The Morgan fingerprint density at radius 1 is 1.47 bits per heavy atom. The van der Waals surface area contributed by atoms with Gasteiger partial charge in [-0.2, -0.15) is 0 Å². The third-order valence-electron chi connectivity index (χ3n) is 1.74. The van der Waals surface area contributed by atoms with Gasteiger partial charge in [0.2, 0.25) is 0 Å². The molecule has 0 saturated heterocycles. The number of nitrogens with two attached hydrogens (primary N) is 1. The van der Waals surface area contributed by atoms with Gasteiger partial charge in [-0.15, -0.1) is 0 Å². The molecule has 0 aliphatic carbocycles. The van der Waals surface area contributed by atoms with Crippen molar-refractivity contribution in [3.05, 3.63) is 28.2 Å². The SMILES string of the molecule is CCCC(N)=Nc1c(F)cc(F)cc1Br. The Bertz CT molecular complexity index is 368. The molecule has 2 N–H and O–H groups in total. The standard InChI is InChI=1S/C10H11BrF2N2/c1-2-3-9(14)15-10-7(11)4-6(12)5-8(10)13/h4-5H,2-3H2,1H3,(H2,14,15). The summed E-state index contributed by atoms with van der Waals surface area (Å²) in [6.45, 7) is 1.94. The van der Waals surface area contributed by atoms with Crippen LogP contribution in [0.3, 0.4) is 0 Å². The molecule has 1 rings (SSSR count). The molecule has 15 heavy (non-hydrogen) atoms. The Kier molecular flexibility index (Phi) is 4.20. The highest BCUT2D eigenvalue weighted by Gasteiger charge is 2.08. The molecule has 5 heteroatoms. The van der Waals surface area contributed by atoms with Crippen molar-refractivity contribution in [1.29, 1.82) is 0 Å². The number of aliphatic imine (C=N–C) groups is 1. The molecule has 1 aromatic rings. The van der Waals surface area contributed by atoms with Crippen LogP contribution in [0.2, 0.25) is 0 Å². The summed E-state index contributed by atoms with van der Waals surface area (Å²) in [4.78, 5) is 3.89. The van der Waals surface area contributed by atoms with Crippen molar-refractivity contribution < 1.29 is 8.78 Å². The van der Waals surface area contributed by atoms with E-state index in [1.54, 1.807) is 0 Å². The monoisotopic (exact) mass is 276 g/mol. The Labute approximate surface area is 95.3 Å². The van der Waals surface area contributed by atoms with E-state index in [1.165, 1.54) is 0 Å². The van der Waals surface area contributed by atoms with Gasteiger partial charge in [0.15, 0.2) is 5.82 Å². The molecule has 0 aliphatic heterocycles. The molecule has 0 heterocycles. The molecule has 0 amide bonds. The lowest BCUT2D eigenvalue weighted by Gasteiger charge is -2.03. The van der Waals surface area contributed by atoms with Gasteiger partial charge in [-0.25, -0.2) is 13.8 Å². The molecule has 0 fully saturated rings. The van der Waals surface area contributed by atoms with E-state index in [4.69, 9.17) is 5.73 Å². The number of benzene rings is 1. The molecule has 0 aliphatic rings. The first-order chi connectivity index (χ1) is 7.04. The Hall–Kier alpha value is -0.970. The zero-order valence-electron chi connectivity index (χ0n) is 8.23. The molecular formula is C10H11BrF2N2. The summed E-state index contributed by atoms with van der Waals surface area (Å²) in [5, 5.41) is 0. The lowest BCUT2D eigenvalue weighted by Crippen LogP contribution is -2.10. The van der Waals surface area contributed by atoms with E-state index in [0.29, 0.717) is 12.3 Å². The van der Waals surface area contributed by atoms with Crippen LogP contribution in [0.1, 0.15) is 19.8 Å². The van der Waals surface area contributed by atoms with Crippen LogP contribution in [0.25, 0.3) is 0 Å². The van der Waals surface area contributed by atoms with E-state index < -0.39 is 11.6 Å². The Morgan fingerprint density at radius 2 is 2.13 bits per heavy atom. The first-order valence-electron chi connectivity index (χ1n) is 4.52. The van der Waals surface area contributed by atoms with Crippen LogP contribution in [-0.4, -0.2) is 5.84 Å². The van der Waals surface area contributed by atoms with Crippen molar-refractivity contribution in [2.75, 3.05) is 0 Å². The van der Waals surface area contributed by atoms with Crippen molar-refractivity contribution in [2.45, 2.75) is 19.8 Å². The smallest absolute Gasteiger partial charge is 0.152 e. The van der Waals surface area contributed by atoms with E-state index in [2.05, 4.69) is 20.9 Å². The van der Waals surface area contributed by atoms with E-state index in [9.17, 15) is 8.78 Å². The fraction of sp³-hybridized carbons (Fsp3) is 0.300. The maximum absolute atomic E-state index is 13.3. The molecule has 0 saturated carbocycles. The highest BCUT2D eigenvalue weighted by atomic mass is 79.9. The second-order valence-corrected chi connectivity index (χ2v) is 3.93. The minimum absolute atomic E-state index is 0.0438. The molecule has 0 aromatic heterocycles. The van der Waals surface area contributed by atoms with Gasteiger partial charge in [0.25, 0.3) is 0 Å². The van der Waals surface area contributed by atoms with Crippen LogP contribution in [-0.2, 0) is 0 Å². The van der Waals surface area contributed by atoms with Gasteiger partial charge in [0.05, 0.1) is 5.84 Å². The van der Waals surface area contributed by atoms with Crippen LogP contribution in [0.15, 0.2) is 21.6 Å². The fourth-order valence-electron chi connectivity index (χ4n) is 1.10. The van der Waals surface area contributed by atoms with Crippen LogP contribution in [0, 0.1) is 11.6 Å². The molecule has 0 radical (unpaired) electrons. The maximum Gasteiger partial charge on any atom is 0.152 e. The zero-order valence-corrected chi connectivity index (χ0v) is 9.81. The van der Waals surface area contributed by atoms with E-state index in [-0.39, 0.29) is 10.2 Å². The second kappa shape index (κ2) is 5.21. The predicted molar refractivity (Wildman–Crippen MR) is 60.2 cm³/mol. The van der Waals surface area contributed by atoms with Crippen molar-refractivity contribution >= 4 is 27.5 Å². The third kappa shape index (κ3) is 3.27. The summed E-state index contributed by atoms with van der Waals surface area (Å²) in [7, 11) is 0. The van der Waals surface area contributed by atoms with E-state index in [1.807, 2.05) is 6.92 Å². The predicted octanol–water partition coefficient (Wildman–Crippen LogP) is 3.52. The molecule has 0 atom stereocenters. The van der Waals surface area contributed by atoms with Gasteiger partial charge < -0.3 is 5.73 Å². The van der Waals surface area contributed by atoms with Crippen molar-refractivity contribution in [1.82, 2.24) is 0 Å². The number of nitrogens with zero attached hydrogens (tertiary/aromatic N) is 1. The van der Waals surface area contributed by atoms with Gasteiger partial charge in [0.1, 0.15) is 11.5 Å². The Balaban J connectivity index is 3.09. The number of rotatable bonds is 3. The van der Waals surface area contributed by atoms with E-state index >= 15 is 0 Å². The number of hydrogen-bond donors (Lipinski definition) is 1. The lowest BCUT2D eigenvalue weighted by molar-refractivity contribution is 0.583. The van der Waals surface area contributed by atoms with Crippen LogP contribution >= 0.6 is 15.9 Å².